The summed E-state index contributed by atoms with van der Waals surface area (Å²) >= 11 is 2.12. The van der Waals surface area contributed by atoms with Crippen molar-refractivity contribution in [3.63, 3.8) is 0 Å². The Balaban J connectivity index is 2.35. The monoisotopic (exact) mass is 381 g/mol. The number of rotatable bonds is 0. The first-order valence-corrected chi connectivity index (χ1v) is 10.0. The average molecular weight is 381 g/mol. The molecule has 0 fully saturated rings. The average Bonchev–Trinajstić information content (AvgIpc) is 2.35. The number of allylic oxidation sites excluding steroid dienone is 4. The standard InChI is InChI=1S/C14H12INO2Si/c1-19(2)12-7-8(17)3-4-9(12)16-10-5-6-11(18)13(15)14(10)19/h3-7,17H,1-2H3. The van der Waals surface area contributed by atoms with E-state index in [1.54, 1.807) is 18.2 Å². The zero-order valence-electron chi connectivity index (χ0n) is 10.6. The Bertz CT molecular complexity index is 701. The van der Waals surface area contributed by atoms with E-state index in [-0.39, 0.29) is 11.5 Å². The summed E-state index contributed by atoms with van der Waals surface area (Å²) in [6.45, 7) is 4.39. The number of hydrogen-bond donors (Lipinski definition) is 1. The molecule has 1 N–H and O–H groups in total. The first-order chi connectivity index (χ1) is 8.91. The van der Waals surface area contributed by atoms with Gasteiger partial charge >= 0.3 is 0 Å². The van der Waals surface area contributed by atoms with Gasteiger partial charge in [0.2, 0.25) is 0 Å². The van der Waals surface area contributed by atoms with Crippen LogP contribution in [0.4, 0.5) is 5.69 Å². The molecule has 0 spiro atoms. The van der Waals surface area contributed by atoms with Crippen LogP contribution in [0.5, 0.6) is 5.75 Å². The van der Waals surface area contributed by atoms with Gasteiger partial charge in [-0.05, 0) is 63.3 Å². The van der Waals surface area contributed by atoms with Crippen molar-refractivity contribution in [1.82, 2.24) is 0 Å². The van der Waals surface area contributed by atoms with Crippen LogP contribution < -0.4 is 5.19 Å². The molecular weight excluding hydrogens is 369 g/mol. The summed E-state index contributed by atoms with van der Waals surface area (Å²) in [5.74, 6) is 0.310. The van der Waals surface area contributed by atoms with Crippen molar-refractivity contribution in [2.45, 2.75) is 13.1 Å². The van der Waals surface area contributed by atoms with Gasteiger partial charge < -0.3 is 5.11 Å². The van der Waals surface area contributed by atoms with E-state index < -0.39 is 8.07 Å². The molecule has 5 heteroatoms. The van der Waals surface area contributed by atoms with Crippen LogP contribution in [0.15, 0.2) is 44.1 Å². The van der Waals surface area contributed by atoms with Gasteiger partial charge in [-0.2, -0.15) is 0 Å². The van der Waals surface area contributed by atoms with Crippen molar-refractivity contribution in [2.24, 2.45) is 4.99 Å². The molecule has 1 aromatic rings. The lowest BCUT2D eigenvalue weighted by Gasteiger charge is -2.34. The van der Waals surface area contributed by atoms with Crippen LogP contribution in [0.1, 0.15) is 0 Å². The van der Waals surface area contributed by atoms with Gasteiger partial charge in [0.05, 0.1) is 15.0 Å². The third kappa shape index (κ3) is 1.83. The number of ketones is 1. The lowest BCUT2D eigenvalue weighted by atomic mass is 10.1. The molecule has 96 valence electrons. The second-order valence-electron chi connectivity index (χ2n) is 5.21. The van der Waals surface area contributed by atoms with E-state index in [1.807, 2.05) is 12.1 Å². The lowest BCUT2D eigenvalue weighted by Crippen LogP contribution is -2.49. The maximum absolute atomic E-state index is 11.9. The summed E-state index contributed by atoms with van der Waals surface area (Å²) in [6.07, 6.45) is 3.39. The van der Waals surface area contributed by atoms with E-state index in [0.29, 0.717) is 0 Å². The smallest absolute Gasteiger partial charge is 0.191 e. The zero-order valence-corrected chi connectivity index (χ0v) is 13.7. The highest BCUT2D eigenvalue weighted by Crippen LogP contribution is 2.35. The molecule has 0 saturated heterocycles. The third-order valence-corrected chi connectivity index (χ3v) is 8.69. The summed E-state index contributed by atoms with van der Waals surface area (Å²) in [4.78, 5) is 16.5. The molecule has 19 heavy (non-hydrogen) atoms. The highest BCUT2D eigenvalue weighted by atomic mass is 127. The number of benzene rings is 1. The molecule has 1 aliphatic carbocycles. The summed E-state index contributed by atoms with van der Waals surface area (Å²) in [6, 6.07) is 5.30. The number of halogens is 1. The van der Waals surface area contributed by atoms with Crippen LogP contribution in [0.3, 0.4) is 0 Å². The molecule has 1 heterocycles. The van der Waals surface area contributed by atoms with Gasteiger partial charge in [0.25, 0.3) is 0 Å². The SMILES string of the molecule is C[Si]1(C)C2=C(I)C(=O)C=CC2=Nc2ccc(O)cc21. The Morgan fingerprint density at radius 2 is 2.00 bits per heavy atom. The predicted octanol–water partition coefficient (Wildman–Crippen LogP) is 2.76. The summed E-state index contributed by atoms with van der Waals surface area (Å²) in [7, 11) is -2.00. The Hall–Kier alpha value is -1.21. The van der Waals surface area contributed by atoms with Crippen molar-refractivity contribution in [2.75, 3.05) is 0 Å². The molecule has 0 aromatic heterocycles. The first-order valence-electron chi connectivity index (χ1n) is 5.96. The second-order valence-corrected chi connectivity index (χ2v) is 10.6. The molecule has 2 aliphatic rings. The van der Waals surface area contributed by atoms with E-state index in [4.69, 9.17) is 0 Å². The van der Waals surface area contributed by atoms with Gasteiger partial charge in [0.1, 0.15) is 13.8 Å². The van der Waals surface area contributed by atoms with Crippen molar-refractivity contribution >= 4 is 53.0 Å². The number of hydrogen-bond acceptors (Lipinski definition) is 3. The highest BCUT2D eigenvalue weighted by Gasteiger charge is 2.40. The number of aromatic hydroxyl groups is 1. The number of fused-ring (bicyclic) bond motifs is 2. The van der Waals surface area contributed by atoms with Crippen LogP contribution in [0.25, 0.3) is 0 Å². The van der Waals surface area contributed by atoms with Gasteiger partial charge in [0.15, 0.2) is 5.78 Å². The van der Waals surface area contributed by atoms with Crippen molar-refractivity contribution in [1.29, 1.82) is 0 Å². The molecule has 0 atom stereocenters. The van der Waals surface area contributed by atoms with Crippen LogP contribution in [-0.2, 0) is 4.79 Å². The maximum atomic E-state index is 11.9. The minimum absolute atomic E-state index is 0.0544. The molecule has 1 aliphatic heterocycles. The van der Waals surface area contributed by atoms with Crippen LogP contribution in [0, 0.1) is 0 Å². The maximum Gasteiger partial charge on any atom is 0.191 e. The summed E-state index contributed by atoms with van der Waals surface area (Å²) in [5.41, 5.74) is 1.82. The number of phenolic OH excluding ortho intramolecular Hbond substituents is 1. The number of carbonyl (C=O) groups excluding carboxylic acids is 1. The molecule has 0 radical (unpaired) electrons. The third-order valence-electron chi connectivity index (χ3n) is 3.60. The summed E-state index contributed by atoms with van der Waals surface area (Å²) in [5, 5.41) is 11.9. The minimum atomic E-state index is -2.00. The normalized spacial score (nSPS) is 19.9. The molecule has 0 bridgehead atoms. The Kier molecular flexibility index (Phi) is 2.79. The van der Waals surface area contributed by atoms with Crippen molar-refractivity contribution in [3.05, 3.63) is 39.1 Å². The molecule has 1 aromatic carbocycles. The van der Waals surface area contributed by atoms with Gasteiger partial charge in [-0.25, -0.2) is 4.99 Å². The minimum Gasteiger partial charge on any atom is -0.508 e. The lowest BCUT2D eigenvalue weighted by molar-refractivity contribution is -0.110. The van der Waals surface area contributed by atoms with Gasteiger partial charge in [-0.1, -0.05) is 13.1 Å². The van der Waals surface area contributed by atoms with Crippen molar-refractivity contribution < 1.29 is 9.90 Å². The van der Waals surface area contributed by atoms with E-state index in [9.17, 15) is 9.90 Å². The molecule has 0 saturated carbocycles. The van der Waals surface area contributed by atoms with Crippen LogP contribution in [-0.4, -0.2) is 24.7 Å². The van der Waals surface area contributed by atoms with E-state index in [2.05, 4.69) is 40.7 Å². The van der Waals surface area contributed by atoms with Crippen molar-refractivity contribution in [3.8, 4) is 5.75 Å². The first kappa shape index (κ1) is 12.8. The van der Waals surface area contributed by atoms with Gasteiger partial charge in [-0.15, -0.1) is 0 Å². The fraction of sp³-hybridized carbons (Fsp3) is 0.143. The molecule has 3 nitrogen and oxygen atoms in total. The summed E-state index contributed by atoms with van der Waals surface area (Å²) < 4.78 is 0.768. The largest absolute Gasteiger partial charge is 0.508 e. The molecule has 0 unspecified atom stereocenters. The van der Waals surface area contributed by atoms with E-state index >= 15 is 0 Å². The van der Waals surface area contributed by atoms with Crippen LogP contribution >= 0.6 is 22.6 Å². The highest BCUT2D eigenvalue weighted by molar-refractivity contribution is 14.1. The number of nitrogens with zero attached hydrogens (tertiary/aromatic N) is 1. The topological polar surface area (TPSA) is 49.7 Å². The number of carbonyl (C=O) groups is 1. The second kappa shape index (κ2) is 4.14. The quantitative estimate of drug-likeness (QED) is 0.427. The number of phenols is 1. The van der Waals surface area contributed by atoms with E-state index in [0.717, 1.165) is 25.4 Å². The number of aliphatic imine (C=N–C) groups is 1. The Morgan fingerprint density at radius 3 is 2.74 bits per heavy atom. The molecular formula is C14H12INO2Si. The Morgan fingerprint density at radius 1 is 1.26 bits per heavy atom. The van der Waals surface area contributed by atoms with E-state index in [1.165, 1.54) is 0 Å². The van der Waals surface area contributed by atoms with Gasteiger partial charge in [0, 0.05) is 0 Å². The predicted molar refractivity (Wildman–Crippen MR) is 87.5 cm³/mol. The van der Waals surface area contributed by atoms with Crippen LogP contribution in [0.2, 0.25) is 13.1 Å². The Labute approximate surface area is 125 Å². The fourth-order valence-corrected chi connectivity index (χ4v) is 8.11. The zero-order chi connectivity index (χ0) is 13.8. The molecule has 3 rings (SSSR count). The van der Waals surface area contributed by atoms with Gasteiger partial charge in [-0.3, -0.25) is 4.79 Å². The fourth-order valence-electron chi connectivity index (χ4n) is 2.62. The molecule has 0 amide bonds.